The lowest BCUT2D eigenvalue weighted by Gasteiger charge is -2.18. The van der Waals surface area contributed by atoms with Gasteiger partial charge in [0.05, 0.1) is 16.3 Å². The van der Waals surface area contributed by atoms with Crippen LogP contribution in [0.4, 0.5) is 11.4 Å². The van der Waals surface area contributed by atoms with E-state index >= 15 is 0 Å². The van der Waals surface area contributed by atoms with E-state index in [1.807, 2.05) is 66.7 Å². The molecule has 2 amide bonds. The molecule has 0 aliphatic carbocycles. The van der Waals surface area contributed by atoms with Crippen molar-refractivity contribution in [2.75, 3.05) is 10.6 Å². The van der Waals surface area contributed by atoms with Crippen molar-refractivity contribution >= 4 is 58.6 Å². The van der Waals surface area contributed by atoms with Crippen molar-refractivity contribution in [3.63, 3.8) is 0 Å². The molecule has 0 saturated carbocycles. The SMILES string of the molecule is O=C(/C=C/c1ccccc1)Nc1cccc(SC(C(=O)Nc2cc(C(=O)O)ccc2Cl)c2ccccc2)c1. The summed E-state index contributed by atoms with van der Waals surface area (Å²) in [5.74, 6) is -1.77. The maximum Gasteiger partial charge on any atom is 0.335 e. The fourth-order valence-electron chi connectivity index (χ4n) is 3.56. The number of anilines is 2. The lowest BCUT2D eigenvalue weighted by molar-refractivity contribution is -0.116. The number of carbonyl (C=O) groups is 3. The van der Waals surface area contributed by atoms with Crippen LogP contribution in [0.25, 0.3) is 6.08 Å². The van der Waals surface area contributed by atoms with Gasteiger partial charge >= 0.3 is 5.97 Å². The second kappa shape index (κ2) is 12.8. The van der Waals surface area contributed by atoms with Gasteiger partial charge in [-0.2, -0.15) is 0 Å². The molecule has 0 spiro atoms. The molecule has 0 fully saturated rings. The Bertz CT molecular complexity index is 1480. The molecular weight excluding hydrogens is 520 g/mol. The molecule has 4 aromatic carbocycles. The number of aromatic carboxylic acids is 1. The van der Waals surface area contributed by atoms with Crippen molar-refractivity contribution < 1.29 is 19.5 Å². The predicted molar refractivity (Wildman–Crippen MR) is 153 cm³/mol. The Balaban J connectivity index is 1.52. The zero-order valence-electron chi connectivity index (χ0n) is 20.0. The van der Waals surface area contributed by atoms with Crippen LogP contribution < -0.4 is 10.6 Å². The third-order valence-electron chi connectivity index (χ3n) is 5.39. The van der Waals surface area contributed by atoms with Crippen LogP contribution in [0.3, 0.4) is 0 Å². The Hall–Kier alpha value is -4.33. The largest absolute Gasteiger partial charge is 0.478 e. The fraction of sp³-hybridized carbons (Fsp3) is 0.0333. The van der Waals surface area contributed by atoms with Gasteiger partial charge < -0.3 is 15.7 Å². The van der Waals surface area contributed by atoms with Crippen molar-refractivity contribution in [1.29, 1.82) is 0 Å². The molecule has 6 nitrogen and oxygen atoms in total. The molecule has 0 aliphatic heterocycles. The second-order valence-electron chi connectivity index (χ2n) is 8.16. The van der Waals surface area contributed by atoms with Gasteiger partial charge in [0.15, 0.2) is 0 Å². The Morgan fingerprint density at radius 3 is 2.24 bits per heavy atom. The molecule has 1 atom stereocenters. The molecule has 0 aromatic heterocycles. The number of amides is 2. The molecule has 0 saturated heterocycles. The predicted octanol–water partition coefficient (Wildman–Crippen LogP) is 7.16. The number of nitrogens with one attached hydrogen (secondary N) is 2. The van der Waals surface area contributed by atoms with Gasteiger partial charge in [-0.05, 0) is 53.6 Å². The van der Waals surface area contributed by atoms with E-state index in [0.717, 1.165) is 16.0 Å². The van der Waals surface area contributed by atoms with Crippen molar-refractivity contribution in [3.8, 4) is 0 Å². The van der Waals surface area contributed by atoms with Crippen molar-refractivity contribution in [3.05, 3.63) is 131 Å². The first-order valence-corrected chi connectivity index (χ1v) is 12.8. The van der Waals surface area contributed by atoms with E-state index < -0.39 is 11.2 Å². The van der Waals surface area contributed by atoms with E-state index in [1.165, 1.54) is 36.0 Å². The highest BCUT2D eigenvalue weighted by Gasteiger charge is 2.23. The standard InChI is InChI=1S/C30H23ClN2O4S/c31-25-16-15-22(30(36)37)18-26(25)33-29(35)28(21-10-5-2-6-11-21)38-24-13-7-12-23(19-24)32-27(34)17-14-20-8-3-1-4-9-20/h1-19,28H,(H,32,34)(H,33,35)(H,36,37)/b17-14+. The Kier molecular flexibility index (Phi) is 8.98. The highest BCUT2D eigenvalue weighted by molar-refractivity contribution is 8.00. The van der Waals surface area contributed by atoms with E-state index in [9.17, 15) is 19.5 Å². The van der Waals surface area contributed by atoms with Crippen LogP contribution >= 0.6 is 23.4 Å². The number of carbonyl (C=O) groups excluding carboxylic acids is 2. The first kappa shape index (κ1) is 26.7. The van der Waals surface area contributed by atoms with Gasteiger partial charge in [-0.15, -0.1) is 11.8 Å². The Labute approximate surface area is 229 Å². The lowest BCUT2D eigenvalue weighted by atomic mass is 10.1. The number of carboxylic acids is 1. The van der Waals surface area contributed by atoms with Crippen LogP contribution in [0, 0.1) is 0 Å². The molecule has 38 heavy (non-hydrogen) atoms. The average molecular weight is 543 g/mol. The molecule has 8 heteroatoms. The molecule has 1 unspecified atom stereocenters. The number of benzene rings is 4. The van der Waals surface area contributed by atoms with Gasteiger partial charge in [0.25, 0.3) is 0 Å². The molecule has 0 aliphatic rings. The van der Waals surface area contributed by atoms with E-state index in [2.05, 4.69) is 10.6 Å². The monoisotopic (exact) mass is 542 g/mol. The molecular formula is C30H23ClN2O4S. The van der Waals surface area contributed by atoms with Crippen LogP contribution in [-0.4, -0.2) is 22.9 Å². The Morgan fingerprint density at radius 2 is 1.53 bits per heavy atom. The summed E-state index contributed by atoms with van der Waals surface area (Å²) in [5, 5.41) is 14.5. The molecule has 0 bridgehead atoms. The van der Waals surface area contributed by atoms with Crippen LogP contribution in [0.15, 0.2) is 114 Å². The zero-order chi connectivity index (χ0) is 26.9. The molecule has 0 heterocycles. The number of carboxylic acid groups (broad SMARTS) is 1. The quantitative estimate of drug-likeness (QED) is 0.154. The summed E-state index contributed by atoms with van der Waals surface area (Å²) in [6.07, 6.45) is 3.19. The van der Waals surface area contributed by atoms with Gasteiger partial charge in [0, 0.05) is 16.7 Å². The summed E-state index contributed by atoms with van der Waals surface area (Å²) in [7, 11) is 0. The number of rotatable bonds is 9. The van der Waals surface area contributed by atoms with Crippen molar-refractivity contribution in [1.82, 2.24) is 0 Å². The number of thioether (sulfide) groups is 1. The van der Waals surface area contributed by atoms with E-state index in [-0.39, 0.29) is 28.1 Å². The van der Waals surface area contributed by atoms with Gasteiger partial charge in [0.2, 0.25) is 11.8 Å². The maximum atomic E-state index is 13.4. The van der Waals surface area contributed by atoms with Crippen molar-refractivity contribution in [2.45, 2.75) is 10.1 Å². The zero-order valence-corrected chi connectivity index (χ0v) is 21.6. The van der Waals surface area contributed by atoms with E-state index in [1.54, 1.807) is 24.3 Å². The number of halogens is 1. The fourth-order valence-corrected chi connectivity index (χ4v) is 4.80. The second-order valence-corrected chi connectivity index (χ2v) is 9.74. The summed E-state index contributed by atoms with van der Waals surface area (Å²) in [5.41, 5.74) is 2.48. The average Bonchev–Trinajstić information content (AvgIpc) is 2.93. The minimum Gasteiger partial charge on any atom is -0.478 e. The minimum absolute atomic E-state index is 0.0124. The molecule has 4 rings (SSSR count). The summed E-state index contributed by atoms with van der Waals surface area (Å²) < 4.78 is 0. The number of hydrogen-bond donors (Lipinski definition) is 3. The lowest BCUT2D eigenvalue weighted by Crippen LogP contribution is -2.19. The minimum atomic E-state index is -1.12. The summed E-state index contributed by atoms with van der Waals surface area (Å²) in [6.45, 7) is 0. The summed E-state index contributed by atoms with van der Waals surface area (Å²) >= 11 is 7.53. The number of hydrogen-bond acceptors (Lipinski definition) is 4. The first-order valence-electron chi connectivity index (χ1n) is 11.6. The maximum absolute atomic E-state index is 13.4. The molecule has 190 valence electrons. The van der Waals surface area contributed by atoms with Gasteiger partial charge in [-0.1, -0.05) is 78.3 Å². The normalized spacial score (nSPS) is 11.6. The van der Waals surface area contributed by atoms with E-state index in [0.29, 0.717) is 5.69 Å². The van der Waals surface area contributed by atoms with Gasteiger partial charge in [-0.25, -0.2) is 4.79 Å². The van der Waals surface area contributed by atoms with Crippen LogP contribution in [0.1, 0.15) is 26.7 Å². The first-order chi connectivity index (χ1) is 18.4. The Morgan fingerprint density at radius 1 is 0.816 bits per heavy atom. The highest BCUT2D eigenvalue weighted by Crippen LogP contribution is 2.38. The molecule has 3 N–H and O–H groups in total. The van der Waals surface area contributed by atoms with Crippen LogP contribution in [0.2, 0.25) is 5.02 Å². The third kappa shape index (κ3) is 7.35. The molecule has 4 aromatic rings. The smallest absolute Gasteiger partial charge is 0.335 e. The summed E-state index contributed by atoms with van der Waals surface area (Å²) in [6, 6.07) is 30.1. The highest BCUT2D eigenvalue weighted by atomic mass is 35.5. The summed E-state index contributed by atoms with van der Waals surface area (Å²) in [4.78, 5) is 38.0. The van der Waals surface area contributed by atoms with Crippen molar-refractivity contribution in [2.24, 2.45) is 0 Å². The van der Waals surface area contributed by atoms with Crippen LogP contribution in [0.5, 0.6) is 0 Å². The topological polar surface area (TPSA) is 95.5 Å². The third-order valence-corrected chi connectivity index (χ3v) is 6.97. The van der Waals surface area contributed by atoms with Gasteiger partial charge in [0.1, 0.15) is 5.25 Å². The van der Waals surface area contributed by atoms with Crippen LogP contribution in [-0.2, 0) is 9.59 Å². The van der Waals surface area contributed by atoms with E-state index in [4.69, 9.17) is 11.6 Å². The van der Waals surface area contributed by atoms with Gasteiger partial charge in [-0.3, -0.25) is 9.59 Å². The molecule has 0 radical (unpaired) electrons.